The Hall–Kier alpha value is -0.460. The summed E-state index contributed by atoms with van der Waals surface area (Å²) in [4.78, 5) is 10.1. The fraction of sp³-hybridized carbons (Fsp3) is 0.143. The molecule has 6 heteroatoms. The van der Waals surface area contributed by atoms with Gasteiger partial charge in [-0.2, -0.15) is 0 Å². The Balaban J connectivity index is 3.35. The van der Waals surface area contributed by atoms with Gasteiger partial charge in [-0.25, -0.2) is 0 Å². The fourth-order valence-electron chi connectivity index (χ4n) is 0.911. The van der Waals surface area contributed by atoms with Crippen LogP contribution < -0.4 is 5.73 Å². The molecule has 0 atom stereocenters. The van der Waals surface area contributed by atoms with Crippen molar-refractivity contribution in [2.24, 2.45) is 5.73 Å². The van der Waals surface area contributed by atoms with Crippen LogP contribution in [0.15, 0.2) is 21.1 Å². The number of nitrogens with two attached hydrogens (primary N) is 1. The molecule has 0 unspecified atom stereocenters. The molecule has 0 bridgehead atoms. The van der Waals surface area contributed by atoms with Crippen LogP contribution in [0.4, 0.5) is 5.69 Å². The lowest BCUT2D eigenvalue weighted by Crippen LogP contribution is -2.00. The molecule has 0 heterocycles. The number of halogens is 2. The highest BCUT2D eigenvalue weighted by Gasteiger charge is 2.15. The maximum atomic E-state index is 10.6. The van der Waals surface area contributed by atoms with Gasteiger partial charge in [0.2, 0.25) is 0 Å². The van der Waals surface area contributed by atoms with Gasteiger partial charge in [-0.15, -0.1) is 0 Å². The monoisotopic (exact) mass is 308 g/mol. The van der Waals surface area contributed by atoms with E-state index in [1.807, 2.05) is 0 Å². The van der Waals surface area contributed by atoms with Gasteiger partial charge < -0.3 is 5.73 Å². The van der Waals surface area contributed by atoms with E-state index in [4.69, 9.17) is 5.73 Å². The molecule has 4 nitrogen and oxygen atoms in total. The first-order valence-electron chi connectivity index (χ1n) is 3.38. The van der Waals surface area contributed by atoms with Crippen LogP contribution in [0.25, 0.3) is 0 Å². The van der Waals surface area contributed by atoms with E-state index in [1.165, 1.54) is 6.07 Å². The molecule has 70 valence electrons. The summed E-state index contributed by atoms with van der Waals surface area (Å²) >= 11 is 6.31. The van der Waals surface area contributed by atoms with Gasteiger partial charge in [0.25, 0.3) is 5.69 Å². The van der Waals surface area contributed by atoms with Crippen LogP contribution in [-0.4, -0.2) is 4.92 Å². The lowest BCUT2D eigenvalue weighted by atomic mass is 10.2. The highest BCUT2D eigenvalue weighted by molar-refractivity contribution is 9.11. The van der Waals surface area contributed by atoms with Gasteiger partial charge in [0.15, 0.2) is 0 Å². The summed E-state index contributed by atoms with van der Waals surface area (Å²) in [5.74, 6) is 0. The predicted molar refractivity (Wildman–Crippen MR) is 56.4 cm³/mol. The Morgan fingerprint density at radius 1 is 1.46 bits per heavy atom. The van der Waals surface area contributed by atoms with Crippen LogP contribution in [0.5, 0.6) is 0 Å². The molecule has 2 N–H and O–H groups in total. The third-order valence-electron chi connectivity index (χ3n) is 1.51. The predicted octanol–water partition coefficient (Wildman–Crippen LogP) is 2.58. The van der Waals surface area contributed by atoms with E-state index in [0.717, 1.165) is 0 Å². The average molecular weight is 310 g/mol. The van der Waals surface area contributed by atoms with E-state index < -0.39 is 4.92 Å². The first kappa shape index (κ1) is 10.6. The molecule has 0 saturated carbocycles. The van der Waals surface area contributed by atoms with Crippen molar-refractivity contribution in [1.29, 1.82) is 0 Å². The van der Waals surface area contributed by atoms with Gasteiger partial charge in [-0.05, 0) is 27.6 Å². The summed E-state index contributed by atoms with van der Waals surface area (Å²) in [6.45, 7) is 0.265. The molecule has 1 rings (SSSR count). The first-order valence-corrected chi connectivity index (χ1v) is 4.97. The second-order valence-electron chi connectivity index (χ2n) is 2.36. The van der Waals surface area contributed by atoms with Gasteiger partial charge >= 0.3 is 0 Å². The summed E-state index contributed by atoms with van der Waals surface area (Å²) in [5, 5.41) is 10.6. The smallest absolute Gasteiger partial charge is 0.284 e. The second-order valence-corrected chi connectivity index (χ2v) is 4.07. The zero-order valence-corrected chi connectivity index (χ0v) is 9.63. The first-order chi connectivity index (χ1) is 6.06. The number of hydrogen-bond acceptors (Lipinski definition) is 3. The van der Waals surface area contributed by atoms with E-state index in [1.54, 1.807) is 6.07 Å². The van der Waals surface area contributed by atoms with Crippen LogP contribution in [0.2, 0.25) is 0 Å². The van der Waals surface area contributed by atoms with E-state index in [0.29, 0.717) is 14.5 Å². The number of nitro benzene ring substituents is 1. The second kappa shape index (κ2) is 4.17. The van der Waals surface area contributed by atoms with E-state index in [-0.39, 0.29) is 12.2 Å². The van der Waals surface area contributed by atoms with Gasteiger partial charge in [0.1, 0.15) is 0 Å². The minimum atomic E-state index is -0.450. The Labute approximate surface area is 91.5 Å². The van der Waals surface area contributed by atoms with Crippen molar-refractivity contribution in [2.75, 3.05) is 0 Å². The zero-order chi connectivity index (χ0) is 10.0. The lowest BCUT2D eigenvalue weighted by molar-refractivity contribution is -0.385. The number of rotatable bonds is 2. The van der Waals surface area contributed by atoms with Gasteiger partial charge in [0.05, 0.1) is 9.40 Å². The third-order valence-corrected chi connectivity index (χ3v) is 2.88. The van der Waals surface area contributed by atoms with Crippen molar-refractivity contribution in [3.05, 3.63) is 36.8 Å². The normalized spacial score (nSPS) is 10.1. The summed E-state index contributed by atoms with van der Waals surface area (Å²) in [6, 6.07) is 3.18. The summed E-state index contributed by atoms with van der Waals surface area (Å²) in [5.41, 5.74) is 6.15. The highest BCUT2D eigenvalue weighted by atomic mass is 79.9. The van der Waals surface area contributed by atoms with E-state index >= 15 is 0 Å². The van der Waals surface area contributed by atoms with Crippen molar-refractivity contribution < 1.29 is 4.92 Å². The molecule has 13 heavy (non-hydrogen) atoms. The molecule has 0 aliphatic carbocycles. The number of nitro groups is 1. The van der Waals surface area contributed by atoms with Gasteiger partial charge in [0, 0.05) is 17.1 Å². The molecule has 1 aromatic carbocycles. The number of hydrogen-bond donors (Lipinski definition) is 1. The average Bonchev–Trinajstić information content (AvgIpc) is 2.08. The molecule has 0 fully saturated rings. The Kier molecular flexibility index (Phi) is 3.40. The molecular weight excluding hydrogens is 304 g/mol. The van der Waals surface area contributed by atoms with Gasteiger partial charge in [-0.3, -0.25) is 10.1 Å². The fourth-order valence-corrected chi connectivity index (χ4v) is 1.94. The largest absolute Gasteiger partial charge is 0.326 e. The molecule has 0 saturated heterocycles. The quantitative estimate of drug-likeness (QED) is 0.674. The maximum absolute atomic E-state index is 10.6. The molecular formula is C7H6Br2N2O2. The van der Waals surface area contributed by atoms with Crippen LogP contribution in [-0.2, 0) is 6.54 Å². The third kappa shape index (κ3) is 2.26. The van der Waals surface area contributed by atoms with Crippen LogP contribution in [0.3, 0.4) is 0 Å². The van der Waals surface area contributed by atoms with E-state index in [2.05, 4.69) is 31.9 Å². The van der Waals surface area contributed by atoms with Crippen molar-refractivity contribution in [1.82, 2.24) is 0 Å². The molecule has 0 aliphatic heterocycles. The molecule has 1 aromatic rings. The molecule has 0 radical (unpaired) electrons. The number of nitrogens with zero attached hydrogens (tertiary/aromatic N) is 1. The van der Waals surface area contributed by atoms with Crippen LogP contribution >= 0.6 is 31.9 Å². The zero-order valence-electron chi connectivity index (χ0n) is 6.46. The highest BCUT2D eigenvalue weighted by Crippen LogP contribution is 2.31. The molecule has 0 amide bonds. The molecule has 0 aromatic heterocycles. The molecule has 0 aliphatic rings. The lowest BCUT2D eigenvalue weighted by Gasteiger charge is -2.02. The Morgan fingerprint density at radius 3 is 2.54 bits per heavy atom. The summed E-state index contributed by atoms with van der Waals surface area (Å²) in [7, 11) is 0. The minimum absolute atomic E-state index is 0.0230. The van der Waals surface area contributed by atoms with E-state index in [9.17, 15) is 10.1 Å². The number of benzene rings is 1. The van der Waals surface area contributed by atoms with Crippen molar-refractivity contribution in [2.45, 2.75) is 6.54 Å². The topological polar surface area (TPSA) is 69.2 Å². The van der Waals surface area contributed by atoms with Crippen molar-refractivity contribution >= 4 is 37.5 Å². The summed E-state index contributed by atoms with van der Waals surface area (Å²) < 4.78 is 1.10. The standard InChI is InChI=1S/C7H6Br2N2O2/c8-5-1-4(3-10)7(9)6(2-5)11(12)13/h1-2H,3,10H2. The Bertz CT molecular complexity index is 355. The van der Waals surface area contributed by atoms with Gasteiger partial charge in [-0.1, -0.05) is 15.9 Å². The SMILES string of the molecule is NCc1cc(Br)cc([N+](=O)[O-])c1Br. The molecule has 0 spiro atoms. The van der Waals surface area contributed by atoms with Crippen LogP contribution in [0.1, 0.15) is 5.56 Å². The van der Waals surface area contributed by atoms with Crippen LogP contribution in [0, 0.1) is 10.1 Å². The maximum Gasteiger partial charge on any atom is 0.284 e. The Morgan fingerprint density at radius 2 is 2.08 bits per heavy atom. The summed E-state index contributed by atoms with van der Waals surface area (Å²) in [6.07, 6.45) is 0. The van der Waals surface area contributed by atoms with Crippen molar-refractivity contribution in [3.8, 4) is 0 Å². The van der Waals surface area contributed by atoms with Crippen molar-refractivity contribution in [3.63, 3.8) is 0 Å². The minimum Gasteiger partial charge on any atom is -0.326 e.